The van der Waals surface area contributed by atoms with E-state index in [-0.39, 0.29) is 6.54 Å². The number of benzene rings is 1. The standard InChI is InChI=1S/C14H21N3O2/c15-14(19)13(18)10-16-11-6-8-17(9-7-11)12-4-2-1-3-5-12/h1-5,11,13,16,18H,6-10H2,(H2,15,19). The van der Waals surface area contributed by atoms with E-state index in [1.807, 2.05) is 18.2 Å². The molecule has 1 unspecified atom stereocenters. The van der Waals surface area contributed by atoms with Crippen LogP contribution in [-0.4, -0.2) is 42.8 Å². The molecule has 1 amide bonds. The number of carbonyl (C=O) groups is 1. The third kappa shape index (κ3) is 3.94. The minimum Gasteiger partial charge on any atom is -0.382 e. The van der Waals surface area contributed by atoms with Gasteiger partial charge in [0.1, 0.15) is 6.10 Å². The normalized spacial score (nSPS) is 18.3. The predicted molar refractivity (Wildman–Crippen MR) is 74.9 cm³/mol. The first kappa shape index (κ1) is 13.8. The molecule has 0 radical (unpaired) electrons. The lowest BCUT2D eigenvalue weighted by atomic mass is 10.0. The molecule has 1 saturated heterocycles. The molecule has 1 atom stereocenters. The molecular weight excluding hydrogens is 242 g/mol. The van der Waals surface area contributed by atoms with Gasteiger partial charge in [0.2, 0.25) is 5.91 Å². The molecule has 5 nitrogen and oxygen atoms in total. The fourth-order valence-electron chi connectivity index (χ4n) is 2.36. The number of rotatable bonds is 5. The van der Waals surface area contributed by atoms with Crippen molar-refractivity contribution >= 4 is 11.6 Å². The van der Waals surface area contributed by atoms with E-state index in [1.165, 1.54) is 5.69 Å². The highest BCUT2D eigenvalue weighted by Crippen LogP contribution is 2.19. The van der Waals surface area contributed by atoms with Crippen LogP contribution < -0.4 is 16.0 Å². The molecule has 1 heterocycles. The van der Waals surface area contributed by atoms with Gasteiger partial charge in [0.25, 0.3) is 0 Å². The van der Waals surface area contributed by atoms with Crippen molar-refractivity contribution in [1.29, 1.82) is 0 Å². The van der Waals surface area contributed by atoms with E-state index in [4.69, 9.17) is 5.73 Å². The van der Waals surface area contributed by atoms with Gasteiger partial charge >= 0.3 is 0 Å². The summed E-state index contributed by atoms with van der Waals surface area (Å²) in [6, 6.07) is 10.7. The average Bonchev–Trinajstić information content (AvgIpc) is 2.46. The summed E-state index contributed by atoms with van der Waals surface area (Å²) in [6.07, 6.45) is 0.910. The van der Waals surface area contributed by atoms with E-state index < -0.39 is 12.0 Å². The number of anilines is 1. The Balaban J connectivity index is 1.75. The number of hydrogen-bond donors (Lipinski definition) is 3. The second kappa shape index (κ2) is 6.54. The summed E-state index contributed by atoms with van der Waals surface area (Å²) in [4.78, 5) is 13.1. The largest absolute Gasteiger partial charge is 0.382 e. The predicted octanol–water partition coefficient (Wildman–Crippen LogP) is 0.0912. The number of hydrogen-bond acceptors (Lipinski definition) is 4. The van der Waals surface area contributed by atoms with E-state index >= 15 is 0 Å². The molecule has 1 aromatic rings. The minimum absolute atomic E-state index is 0.241. The molecule has 104 valence electrons. The zero-order valence-corrected chi connectivity index (χ0v) is 11.0. The number of para-hydroxylation sites is 1. The van der Waals surface area contributed by atoms with Crippen LogP contribution in [0.5, 0.6) is 0 Å². The van der Waals surface area contributed by atoms with Crippen LogP contribution in [0.1, 0.15) is 12.8 Å². The number of carbonyl (C=O) groups excluding carboxylic acids is 1. The molecule has 19 heavy (non-hydrogen) atoms. The lowest BCUT2D eigenvalue weighted by molar-refractivity contribution is -0.125. The summed E-state index contributed by atoms with van der Waals surface area (Å²) in [6.45, 7) is 2.20. The molecule has 2 rings (SSSR count). The maximum Gasteiger partial charge on any atom is 0.247 e. The van der Waals surface area contributed by atoms with Crippen molar-refractivity contribution in [3.63, 3.8) is 0 Å². The number of amides is 1. The quantitative estimate of drug-likeness (QED) is 0.703. The van der Waals surface area contributed by atoms with Crippen LogP contribution >= 0.6 is 0 Å². The van der Waals surface area contributed by atoms with E-state index in [2.05, 4.69) is 22.3 Å². The molecule has 1 aliphatic heterocycles. The Kier molecular flexibility index (Phi) is 4.76. The van der Waals surface area contributed by atoms with E-state index in [0.717, 1.165) is 25.9 Å². The van der Waals surface area contributed by atoms with Crippen molar-refractivity contribution < 1.29 is 9.90 Å². The van der Waals surface area contributed by atoms with Crippen molar-refractivity contribution in [3.05, 3.63) is 30.3 Å². The van der Waals surface area contributed by atoms with Gasteiger partial charge in [0, 0.05) is 31.4 Å². The van der Waals surface area contributed by atoms with Gasteiger partial charge in [0.15, 0.2) is 0 Å². The molecule has 1 aliphatic rings. The summed E-state index contributed by atoms with van der Waals surface area (Å²) < 4.78 is 0. The summed E-state index contributed by atoms with van der Waals surface area (Å²) in [5.41, 5.74) is 6.26. The average molecular weight is 263 g/mol. The lowest BCUT2D eigenvalue weighted by Crippen LogP contribution is -2.46. The highest BCUT2D eigenvalue weighted by Gasteiger charge is 2.20. The zero-order valence-electron chi connectivity index (χ0n) is 11.0. The van der Waals surface area contributed by atoms with Crippen molar-refractivity contribution in [2.24, 2.45) is 5.73 Å². The van der Waals surface area contributed by atoms with Crippen LogP contribution in [0.2, 0.25) is 0 Å². The van der Waals surface area contributed by atoms with Crippen molar-refractivity contribution in [2.75, 3.05) is 24.5 Å². The smallest absolute Gasteiger partial charge is 0.247 e. The van der Waals surface area contributed by atoms with Crippen molar-refractivity contribution in [3.8, 4) is 0 Å². The zero-order chi connectivity index (χ0) is 13.7. The van der Waals surface area contributed by atoms with Gasteiger partial charge in [-0.05, 0) is 25.0 Å². The van der Waals surface area contributed by atoms with Crippen LogP contribution in [0.25, 0.3) is 0 Å². The minimum atomic E-state index is -1.09. The molecular formula is C14H21N3O2. The van der Waals surface area contributed by atoms with Gasteiger partial charge in [0.05, 0.1) is 0 Å². The molecule has 0 aromatic heterocycles. The topological polar surface area (TPSA) is 78.6 Å². The Bertz CT molecular complexity index is 402. The molecule has 0 saturated carbocycles. The first-order valence-electron chi connectivity index (χ1n) is 6.67. The monoisotopic (exact) mass is 263 g/mol. The third-order valence-corrected chi connectivity index (χ3v) is 3.54. The van der Waals surface area contributed by atoms with Gasteiger partial charge in [-0.3, -0.25) is 4.79 Å². The fourth-order valence-corrected chi connectivity index (χ4v) is 2.36. The Hall–Kier alpha value is -1.59. The summed E-state index contributed by atoms with van der Waals surface area (Å²) in [7, 11) is 0. The molecule has 4 N–H and O–H groups in total. The van der Waals surface area contributed by atoms with Crippen LogP contribution in [0, 0.1) is 0 Å². The van der Waals surface area contributed by atoms with Gasteiger partial charge in [-0.25, -0.2) is 0 Å². The Morgan fingerprint density at radius 1 is 1.37 bits per heavy atom. The van der Waals surface area contributed by atoms with Crippen molar-refractivity contribution in [1.82, 2.24) is 5.32 Å². The van der Waals surface area contributed by atoms with Crippen molar-refractivity contribution in [2.45, 2.75) is 25.0 Å². The highest BCUT2D eigenvalue weighted by molar-refractivity contribution is 5.78. The first-order valence-corrected chi connectivity index (χ1v) is 6.67. The summed E-state index contributed by atoms with van der Waals surface area (Å²) in [5.74, 6) is -0.672. The van der Waals surface area contributed by atoms with Gasteiger partial charge in [-0.2, -0.15) is 0 Å². The van der Waals surface area contributed by atoms with Gasteiger partial charge in [-0.15, -0.1) is 0 Å². The second-order valence-corrected chi connectivity index (χ2v) is 4.92. The van der Waals surface area contributed by atoms with Crippen LogP contribution in [0.4, 0.5) is 5.69 Å². The van der Waals surface area contributed by atoms with E-state index in [0.29, 0.717) is 6.04 Å². The SMILES string of the molecule is NC(=O)C(O)CNC1CCN(c2ccccc2)CC1. The number of aliphatic hydroxyl groups excluding tert-OH is 1. The molecule has 1 fully saturated rings. The maximum absolute atomic E-state index is 10.7. The van der Waals surface area contributed by atoms with E-state index in [9.17, 15) is 9.90 Å². The maximum atomic E-state index is 10.7. The number of aliphatic hydroxyl groups is 1. The van der Waals surface area contributed by atoms with Crippen LogP contribution in [0.15, 0.2) is 30.3 Å². The Labute approximate surface area is 113 Å². The third-order valence-electron chi connectivity index (χ3n) is 3.54. The van der Waals surface area contributed by atoms with Gasteiger partial charge in [-0.1, -0.05) is 18.2 Å². The second-order valence-electron chi connectivity index (χ2n) is 4.92. The number of primary amides is 1. The molecule has 1 aromatic carbocycles. The Morgan fingerprint density at radius 3 is 2.58 bits per heavy atom. The molecule has 5 heteroatoms. The molecule has 0 bridgehead atoms. The van der Waals surface area contributed by atoms with Crippen LogP contribution in [-0.2, 0) is 4.79 Å². The lowest BCUT2D eigenvalue weighted by Gasteiger charge is -2.34. The summed E-state index contributed by atoms with van der Waals surface area (Å²) in [5, 5.41) is 12.5. The van der Waals surface area contributed by atoms with E-state index in [1.54, 1.807) is 0 Å². The fraction of sp³-hybridized carbons (Fsp3) is 0.500. The first-order chi connectivity index (χ1) is 9.16. The number of nitrogens with two attached hydrogens (primary N) is 1. The Morgan fingerprint density at radius 2 is 2.00 bits per heavy atom. The van der Waals surface area contributed by atoms with Crippen LogP contribution in [0.3, 0.4) is 0 Å². The number of piperidine rings is 1. The molecule has 0 aliphatic carbocycles. The number of nitrogens with one attached hydrogen (secondary N) is 1. The highest BCUT2D eigenvalue weighted by atomic mass is 16.3. The number of nitrogens with zero attached hydrogens (tertiary/aromatic N) is 1. The summed E-state index contributed by atoms with van der Waals surface area (Å²) >= 11 is 0. The van der Waals surface area contributed by atoms with Gasteiger partial charge < -0.3 is 21.1 Å². The molecule has 0 spiro atoms.